The largest absolute Gasteiger partial charge is 0.417 e. The van der Waals surface area contributed by atoms with Crippen LogP contribution >= 0.6 is 0 Å². The van der Waals surface area contributed by atoms with Crippen LogP contribution < -0.4 is 20.7 Å². The second-order valence-electron chi connectivity index (χ2n) is 9.40. The van der Waals surface area contributed by atoms with Crippen molar-refractivity contribution in [2.24, 2.45) is 0 Å². The van der Waals surface area contributed by atoms with Gasteiger partial charge >= 0.3 is 6.18 Å². The van der Waals surface area contributed by atoms with Gasteiger partial charge < -0.3 is 19.9 Å². The number of aromatic nitrogens is 3. The van der Waals surface area contributed by atoms with Gasteiger partial charge in [0.2, 0.25) is 0 Å². The predicted molar refractivity (Wildman–Crippen MR) is 143 cm³/mol. The lowest BCUT2D eigenvalue weighted by molar-refractivity contribution is -0.137. The van der Waals surface area contributed by atoms with E-state index in [-0.39, 0.29) is 35.8 Å². The summed E-state index contributed by atoms with van der Waals surface area (Å²) < 4.78 is 49.5. The molecule has 2 atom stereocenters. The van der Waals surface area contributed by atoms with Gasteiger partial charge in [0, 0.05) is 57.8 Å². The van der Waals surface area contributed by atoms with Crippen LogP contribution in [-0.2, 0) is 17.5 Å². The third kappa shape index (κ3) is 5.47. The Balaban J connectivity index is 1.74. The average molecular weight is 531 g/mol. The lowest BCUT2D eigenvalue weighted by atomic mass is 10.0. The Kier molecular flexibility index (Phi) is 7.96. The van der Waals surface area contributed by atoms with Gasteiger partial charge in [-0.15, -0.1) is 0 Å². The molecule has 0 bridgehead atoms. The van der Waals surface area contributed by atoms with Crippen molar-refractivity contribution in [3.63, 3.8) is 0 Å². The standard InChI is InChI=1S/C27H33F3N6O2/c1-6-36-25(19-12-11-18(34(4)5)14-20(19)27(28,29)30)32-17(3)24(26(36)37)33-21-15-35(16-22(21)38-7-2)23-10-8-9-13-31-23/h8-14,21-22,33H,6-7,15-16H2,1-5H3/t21-,22+/m1/s1. The molecule has 4 rings (SSSR count). The molecule has 2 aromatic heterocycles. The highest BCUT2D eigenvalue weighted by Crippen LogP contribution is 2.38. The molecule has 0 saturated carbocycles. The molecule has 0 spiro atoms. The van der Waals surface area contributed by atoms with E-state index in [0.29, 0.717) is 31.1 Å². The van der Waals surface area contributed by atoms with Gasteiger partial charge in [-0.1, -0.05) is 6.07 Å². The molecule has 1 N–H and O–H groups in total. The second kappa shape index (κ2) is 11.0. The molecule has 3 heterocycles. The van der Waals surface area contributed by atoms with Gasteiger partial charge in [-0.05, 0) is 51.1 Å². The topological polar surface area (TPSA) is 75.5 Å². The summed E-state index contributed by atoms with van der Waals surface area (Å²) in [6.45, 7) is 7.04. The zero-order chi connectivity index (χ0) is 27.6. The van der Waals surface area contributed by atoms with Crippen molar-refractivity contribution >= 4 is 17.2 Å². The molecule has 0 amide bonds. The van der Waals surface area contributed by atoms with Gasteiger partial charge in [-0.3, -0.25) is 9.36 Å². The van der Waals surface area contributed by atoms with Crippen molar-refractivity contribution in [2.45, 2.75) is 45.6 Å². The van der Waals surface area contributed by atoms with E-state index in [1.54, 1.807) is 45.1 Å². The van der Waals surface area contributed by atoms with E-state index >= 15 is 0 Å². The van der Waals surface area contributed by atoms with Crippen molar-refractivity contribution in [3.8, 4) is 11.4 Å². The summed E-state index contributed by atoms with van der Waals surface area (Å²) >= 11 is 0. The third-order valence-corrected chi connectivity index (χ3v) is 6.68. The Morgan fingerprint density at radius 3 is 2.53 bits per heavy atom. The molecule has 204 valence electrons. The minimum Gasteiger partial charge on any atom is -0.378 e. The van der Waals surface area contributed by atoms with Crippen LogP contribution in [-0.4, -0.2) is 60.5 Å². The van der Waals surface area contributed by atoms with Crippen molar-refractivity contribution in [1.82, 2.24) is 14.5 Å². The van der Waals surface area contributed by atoms with Crippen LogP contribution in [0.5, 0.6) is 0 Å². The first-order valence-corrected chi connectivity index (χ1v) is 12.6. The fraction of sp³-hybridized carbons (Fsp3) is 0.444. The fourth-order valence-electron chi connectivity index (χ4n) is 4.77. The highest BCUT2D eigenvalue weighted by molar-refractivity contribution is 5.68. The van der Waals surface area contributed by atoms with E-state index in [4.69, 9.17) is 4.74 Å². The predicted octanol–water partition coefficient (Wildman–Crippen LogP) is 4.42. The third-order valence-electron chi connectivity index (χ3n) is 6.68. The Labute approximate surface area is 220 Å². The molecule has 3 aromatic rings. The molecule has 8 nitrogen and oxygen atoms in total. The molecular weight excluding hydrogens is 497 g/mol. The molecule has 1 fully saturated rings. The van der Waals surface area contributed by atoms with E-state index in [0.717, 1.165) is 11.9 Å². The highest BCUT2D eigenvalue weighted by Gasteiger charge is 2.37. The first kappa shape index (κ1) is 27.4. The zero-order valence-electron chi connectivity index (χ0n) is 22.2. The van der Waals surface area contributed by atoms with Crippen molar-refractivity contribution in [3.05, 3.63) is 64.2 Å². The summed E-state index contributed by atoms with van der Waals surface area (Å²) in [5.74, 6) is 0.791. The van der Waals surface area contributed by atoms with Gasteiger partial charge in [-0.2, -0.15) is 13.2 Å². The van der Waals surface area contributed by atoms with Gasteiger partial charge in [0.15, 0.2) is 0 Å². The van der Waals surface area contributed by atoms with Gasteiger partial charge in [0.05, 0.1) is 23.4 Å². The number of hydrogen-bond donors (Lipinski definition) is 1. The van der Waals surface area contributed by atoms with Gasteiger partial charge in [0.25, 0.3) is 5.56 Å². The minimum absolute atomic E-state index is 0.0129. The first-order valence-electron chi connectivity index (χ1n) is 12.6. The fourth-order valence-corrected chi connectivity index (χ4v) is 4.77. The average Bonchev–Trinajstić information content (AvgIpc) is 3.28. The van der Waals surface area contributed by atoms with Crippen LogP contribution in [0.3, 0.4) is 0 Å². The number of benzene rings is 1. The number of anilines is 3. The molecule has 1 aliphatic rings. The van der Waals surface area contributed by atoms with Crippen LogP contribution in [0.15, 0.2) is 47.4 Å². The summed E-state index contributed by atoms with van der Waals surface area (Å²) in [6, 6.07) is 9.48. The van der Waals surface area contributed by atoms with E-state index < -0.39 is 17.3 Å². The molecule has 38 heavy (non-hydrogen) atoms. The van der Waals surface area contributed by atoms with E-state index in [2.05, 4.69) is 20.2 Å². The minimum atomic E-state index is -4.62. The Morgan fingerprint density at radius 2 is 1.92 bits per heavy atom. The zero-order valence-corrected chi connectivity index (χ0v) is 22.2. The number of nitrogens with zero attached hydrogens (tertiary/aromatic N) is 5. The number of nitrogens with one attached hydrogen (secondary N) is 1. The van der Waals surface area contributed by atoms with Gasteiger partial charge in [0.1, 0.15) is 17.3 Å². The lowest BCUT2D eigenvalue weighted by Gasteiger charge is -2.23. The lowest BCUT2D eigenvalue weighted by Crippen LogP contribution is -2.38. The van der Waals surface area contributed by atoms with E-state index in [9.17, 15) is 18.0 Å². The quantitative estimate of drug-likeness (QED) is 0.462. The van der Waals surface area contributed by atoms with Crippen LogP contribution in [0.4, 0.5) is 30.4 Å². The second-order valence-corrected chi connectivity index (χ2v) is 9.40. The van der Waals surface area contributed by atoms with Crippen LogP contribution in [0.25, 0.3) is 11.4 Å². The molecule has 0 aliphatic carbocycles. The SMILES string of the molecule is CCO[C@H]1CN(c2ccccn2)C[C@H]1Nc1c(C)nc(-c2ccc(N(C)C)cc2C(F)(F)F)n(CC)c1=O. The Morgan fingerprint density at radius 1 is 1.16 bits per heavy atom. The number of ether oxygens (including phenoxy) is 1. The van der Waals surface area contributed by atoms with Crippen LogP contribution in [0.1, 0.15) is 25.1 Å². The van der Waals surface area contributed by atoms with Crippen molar-refractivity contribution in [2.75, 3.05) is 48.9 Å². The maximum atomic E-state index is 14.1. The molecule has 11 heteroatoms. The summed E-state index contributed by atoms with van der Waals surface area (Å²) in [5.41, 5.74) is -0.409. The Bertz CT molecular complexity index is 1330. The van der Waals surface area contributed by atoms with E-state index in [1.165, 1.54) is 10.6 Å². The highest BCUT2D eigenvalue weighted by atomic mass is 19.4. The summed E-state index contributed by atoms with van der Waals surface area (Å²) in [6.07, 6.45) is -3.11. The van der Waals surface area contributed by atoms with Crippen LogP contribution in [0.2, 0.25) is 0 Å². The molecule has 1 aromatic carbocycles. The number of pyridine rings is 1. The summed E-state index contributed by atoms with van der Waals surface area (Å²) in [7, 11) is 3.35. The molecular formula is C27H33F3N6O2. The molecule has 1 saturated heterocycles. The maximum Gasteiger partial charge on any atom is 0.417 e. The Hall–Kier alpha value is -3.60. The monoisotopic (exact) mass is 530 g/mol. The number of halogens is 3. The van der Waals surface area contributed by atoms with Crippen LogP contribution in [0, 0.1) is 6.92 Å². The number of hydrogen-bond acceptors (Lipinski definition) is 7. The van der Waals surface area contributed by atoms with Gasteiger partial charge in [-0.25, -0.2) is 9.97 Å². The summed E-state index contributed by atoms with van der Waals surface area (Å²) in [4.78, 5) is 26.3. The summed E-state index contributed by atoms with van der Waals surface area (Å²) in [5, 5.41) is 3.32. The van der Waals surface area contributed by atoms with Crippen molar-refractivity contribution in [1.29, 1.82) is 0 Å². The molecule has 0 radical (unpaired) electrons. The number of alkyl halides is 3. The molecule has 0 unspecified atom stereocenters. The number of aryl methyl sites for hydroxylation is 1. The first-order chi connectivity index (χ1) is 18.0. The number of rotatable bonds is 8. The normalized spacial score (nSPS) is 17.6. The van der Waals surface area contributed by atoms with Crippen molar-refractivity contribution < 1.29 is 17.9 Å². The molecule has 1 aliphatic heterocycles. The van der Waals surface area contributed by atoms with E-state index in [1.807, 2.05) is 25.1 Å². The smallest absolute Gasteiger partial charge is 0.378 e. The maximum absolute atomic E-state index is 14.1.